The number of aliphatic imine (C=N–C) groups is 1. The molecule has 3 rings (SSSR count). The van der Waals surface area contributed by atoms with Gasteiger partial charge in [-0.2, -0.15) is 5.10 Å². The molecule has 1 amide bonds. The summed E-state index contributed by atoms with van der Waals surface area (Å²) in [5, 5.41) is 11.1. The summed E-state index contributed by atoms with van der Waals surface area (Å²) in [5.41, 5.74) is 2.35. The standard InChI is InChI=1S/C23H34N6O.HI/c1-18-9-4-7-12-21(18)27-23(25-16-22(30)28(2)3)24-15-19-10-5-6-11-20(19)17-29-14-8-13-26-29;/h5-6,8,10-11,13-14,18,21H,4,7,9,12,15-17H2,1-3H3,(H2,24,25,27);1H. The number of halogens is 1. The average molecular weight is 538 g/mol. The summed E-state index contributed by atoms with van der Waals surface area (Å²) in [6, 6.07) is 10.6. The third-order valence-corrected chi connectivity index (χ3v) is 5.76. The number of hydrogen-bond acceptors (Lipinski definition) is 3. The minimum absolute atomic E-state index is 0. The summed E-state index contributed by atoms with van der Waals surface area (Å²) in [7, 11) is 3.53. The van der Waals surface area contributed by atoms with Crippen molar-refractivity contribution in [1.29, 1.82) is 0 Å². The predicted octanol–water partition coefficient (Wildman–Crippen LogP) is 3.25. The molecule has 0 bridgehead atoms. The van der Waals surface area contributed by atoms with Crippen molar-refractivity contribution in [2.45, 2.75) is 51.7 Å². The maximum absolute atomic E-state index is 12.1. The van der Waals surface area contributed by atoms with E-state index in [0.717, 1.165) is 12.0 Å². The Bertz CT molecular complexity index is 836. The van der Waals surface area contributed by atoms with E-state index in [1.165, 1.54) is 24.8 Å². The Kier molecular flexibility index (Phi) is 10.3. The van der Waals surface area contributed by atoms with E-state index in [2.05, 4.69) is 34.8 Å². The SMILES string of the molecule is CC1CCCCC1NC(=NCc1ccccc1Cn1cccn1)NCC(=O)N(C)C.I. The maximum Gasteiger partial charge on any atom is 0.241 e. The number of nitrogens with one attached hydrogen (secondary N) is 2. The number of guanidine groups is 1. The molecule has 31 heavy (non-hydrogen) atoms. The van der Waals surface area contributed by atoms with E-state index in [4.69, 9.17) is 4.99 Å². The second-order valence-electron chi connectivity index (χ2n) is 8.29. The van der Waals surface area contributed by atoms with Gasteiger partial charge in [-0.25, -0.2) is 4.99 Å². The summed E-state index contributed by atoms with van der Waals surface area (Å²) in [6.07, 6.45) is 8.65. The molecule has 1 fully saturated rings. The van der Waals surface area contributed by atoms with E-state index in [9.17, 15) is 4.79 Å². The molecule has 1 heterocycles. The number of rotatable bonds is 7. The molecule has 0 saturated heterocycles. The highest BCUT2D eigenvalue weighted by Gasteiger charge is 2.22. The van der Waals surface area contributed by atoms with Crippen LogP contribution in [0, 0.1) is 5.92 Å². The first kappa shape index (κ1) is 25.2. The van der Waals surface area contributed by atoms with Crippen molar-refractivity contribution < 1.29 is 4.79 Å². The fourth-order valence-electron chi connectivity index (χ4n) is 3.78. The van der Waals surface area contributed by atoms with Gasteiger partial charge >= 0.3 is 0 Å². The van der Waals surface area contributed by atoms with Crippen LogP contribution in [0.5, 0.6) is 0 Å². The molecule has 1 aliphatic rings. The molecule has 8 heteroatoms. The minimum Gasteiger partial charge on any atom is -0.353 e. The van der Waals surface area contributed by atoms with E-state index < -0.39 is 0 Å². The van der Waals surface area contributed by atoms with E-state index in [0.29, 0.717) is 31.0 Å². The molecule has 2 atom stereocenters. The molecule has 1 aromatic carbocycles. The van der Waals surface area contributed by atoms with E-state index in [1.54, 1.807) is 25.2 Å². The molecule has 170 valence electrons. The van der Waals surface area contributed by atoms with Crippen LogP contribution in [0.2, 0.25) is 0 Å². The number of carbonyl (C=O) groups is 1. The monoisotopic (exact) mass is 538 g/mol. The number of benzene rings is 1. The zero-order chi connectivity index (χ0) is 21.3. The third kappa shape index (κ3) is 7.83. The van der Waals surface area contributed by atoms with E-state index >= 15 is 0 Å². The zero-order valence-corrected chi connectivity index (χ0v) is 21.1. The Balaban J connectivity index is 0.00000341. The second-order valence-corrected chi connectivity index (χ2v) is 8.29. The number of likely N-dealkylation sites (N-methyl/N-ethyl adjacent to an activating group) is 1. The topological polar surface area (TPSA) is 74.5 Å². The maximum atomic E-state index is 12.1. The van der Waals surface area contributed by atoms with Crippen LogP contribution in [-0.2, 0) is 17.9 Å². The van der Waals surface area contributed by atoms with Gasteiger partial charge in [0.1, 0.15) is 0 Å². The van der Waals surface area contributed by atoms with Crippen LogP contribution in [0.15, 0.2) is 47.7 Å². The Morgan fingerprint density at radius 1 is 1.19 bits per heavy atom. The third-order valence-electron chi connectivity index (χ3n) is 5.76. The van der Waals surface area contributed by atoms with Crippen LogP contribution in [-0.4, -0.2) is 53.2 Å². The van der Waals surface area contributed by atoms with E-state index in [1.807, 2.05) is 29.1 Å². The Labute approximate surface area is 202 Å². The number of carbonyl (C=O) groups excluding carboxylic acids is 1. The van der Waals surface area contributed by atoms with Crippen LogP contribution in [0.4, 0.5) is 0 Å². The molecule has 2 aromatic rings. The van der Waals surface area contributed by atoms with Crippen molar-refractivity contribution in [3.8, 4) is 0 Å². The van der Waals surface area contributed by atoms with Gasteiger partial charge in [0.2, 0.25) is 5.91 Å². The normalized spacial score (nSPS) is 18.7. The number of nitrogens with zero attached hydrogens (tertiary/aromatic N) is 4. The molecule has 2 unspecified atom stereocenters. The zero-order valence-electron chi connectivity index (χ0n) is 18.8. The molecular formula is C23H35IN6O. The minimum atomic E-state index is 0. The van der Waals surface area contributed by atoms with Crippen molar-refractivity contribution in [1.82, 2.24) is 25.3 Å². The molecule has 1 aromatic heterocycles. The molecule has 0 aliphatic heterocycles. The first-order valence-electron chi connectivity index (χ1n) is 10.8. The molecule has 2 N–H and O–H groups in total. The summed E-state index contributed by atoms with van der Waals surface area (Å²) in [5.74, 6) is 1.33. The Morgan fingerprint density at radius 2 is 1.94 bits per heavy atom. The van der Waals surface area contributed by atoms with Gasteiger partial charge in [-0.3, -0.25) is 9.48 Å². The molecule has 0 radical (unpaired) electrons. The first-order valence-corrected chi connectivity index (χ1v) is 10.8. The number of hydrogen-bond donors (Lipinski definition) is 2. The van der Waals surface area contributed by atoms with Crippen molar-refractivity contribution in [3.05, 3.63) is 53.9 Å². The molecule has 7 nitrogen and oxygen atoms in total. The molecule has 0 spiro atoms. The van der Waals surface area contributed by atoms with E-state index in [-0.39, 0.29) is 36.4 Å². The lowest BCUT2D eigenvalue weighted by atomic mass is 9.86. The summed E-state index contributed by atoms with van der Waals surface area (Å²) < 4.78 is 1.92. The van der Waals surface area contributed by atoms with Gasteiger partial charge in [0.05, 0.1) is 19.6 Å². The highest BCUT2D eigenvalue weighted by molar-refractivity contribution is 14.0. The first-order chi connectivity index (χ1) is 14.5. The van der Waals surface area contributed by atoms with Crippen LogP contribution < -0.4 is 10.6 Å². The largest absolute Gasteiger partial charge is 0.353 e. The lowest BCUT2D eigenvalue weighted by Crippen LogP contribution is -2.49. The van der Waals surface area contributed by atoms with Crippen molar-refractivity contribution in [2.75, 3.05) is 20.6 Å². The lowest BCUT2D eigenvalue weighted by Gasteiger charge is -2.31. The van der Waals surface area contributed by atoms with Gasteiger partial charge in [-0.15, -0.1) is 24.0 Å². The number of amides is 1. The van der Waals surface area contributed by atoms with Gasteiger partial charge < -0.3 is 15.5 Å². The van der Waals surface area contributed by atoms with Gasteiger partial charge in [0.15, 0.2) is 5.96 Å². The molecule has 1 aliphatic carbocycles. The Morgan fingerprint density at radius 3 is 2.61 bits per heavy atom. The van der Waals surface area contributed by atoms with Crippen LogP contribution in [0.3, 0.4) is 0 Å². The fraction of sp³-hybridized carbons (Fsp3) is 0.522. The highest BCUT2D eigenvalue weighted by atomic mass is 127. The smallest absolute Gasteiger partial charge is 0.241 e. The van der Waals surface area contributed by atoms with Gasteiger partial charge in [0, 0.05) is 32.5 Å². The summed E-state index contributed by atoms with van der Waals surface area (Å²) in [6.45, 7) is 3.78. The predicted molar refractivity (Wildman–Crippen MR) is 136 cm³/mol. The lowest BCUT2D eigenvalue weighted by molar-refractivity contribution is -0.127. The summed E-state index contributed by atoms with van der Waals surface area (Å²) >= 11 is 0. The fourth-order valence-corrected chi connectivity index (χ4v) is 3.78. The highest BCUT2D eigenvalue weighted by Crippen LogP contribution is 2.23. The van der Waals surface area contributed by atoms with Crippen molar-refractivity contribution in [3.63, 3.8) is 0 Å². The van der Waals surface area contributed by atoms with Crippen LogP contribution >= 0.6 is 24.0 Å². The molecule has 1 saturated carbocycles. The second kappa shape index (κ2) is 12.7. The average Bonchev–Trinajstić information content (AvgIpc) is 3.25. The van der Waals surface area contributed by atoms with Crippen molar-refractivity contribution >= 4 is 35.8 Å². The molecular weight excluding hydrogens is 503 g/mol. The van der Waals surface area contributed by atoms with Gasteiger partial charge in [0.25, 0.3) is 0 Å². The van der Waals surface area contributed by atoms with Crippen molar-refractivity contribution in [2.24, 2.45) is 10.9 Å². The number of aromatic nitrogens is 2. The van der Waals surface area contributed by atoms with Crippen LogP contribution in [0.25, 0.3) is 0 Å². The quantitative estimate of drug-likeness (QED) is 0.323. The van der Waals surface area contributed by atoms with Gasteiger partial charge in [-0.1, -0.05) is 44.0 Å². The Hall–Kier alpha value is -2.10. The van der Waals surface area contributed by atoms with Crippen LogP contribution in [0.1, 0.15) is 43.7 Å². The van der Waals surface area contributed by atoms with Gasteiger partial charge in [-0.05, 0) is 36.0 Å². The summed E-state index contributed by atoms with van der Waals surface area (Å²) in [4.78, 5) is 18.5.